The van der Waals surface area contributed by atoms with Gasteiger partial charge in [-0.2, -0.15) is 10.2 Å². The number of hydrogen-bond acceptors (Lipinski definition) is 5. The second-order valence-corrected chi connectivity index (χ2v) is 6.82. The molecule has 0 amide bonds. The molecule has 146 valence electrons. The van der Waals surface area contributed by atoms with Gasteiger partial charge in [0.05, 0.1) is 11.4 Å². The summed E-state index contributed by atoms with van der Waals surface area (Å²) in [6.45, 7) is 6.28. The number of rotatable bonds is 6. The van der Waals surface area contributed by atoms with E-state index in [9.17, 15) is 0 Å². The van der Waals surface area contributed by atoms with Crippen molar-refractivity contribution in [3.05, 3.63) is 67.0 Å². The molecule has 29 heavy (non-hydrogen) atoms. The first-order valence-corrected chi connectivity index (χ1v) is 9.79. The molecule has 0 saturated heterocycles. The summed E-state index contributed by atoms with van der Waals surface area (Å²) in [5.41, 5.74) is 5.23. The highest BCUT2D eigenvalue weighted by molar-refractivity contribution is 5.74. The Balaban J connectivity index is 1.55. The number of pyridine rings is 1. The molecule has 2 heterocycles. The lowest BCUT2D eigenvalue weighted by Gasteiger charge is -2.20. The van der Waals surface area contributed by atoms with Crippen LogP contribution in [0, 0.1) is 0 Å². The van der Waals surface area contributed by atoms with Gasteiger partial charge in [0, 0.05) is 30.4 Å². The maximum absolute atomic E-state index is 5.88. The van der Waals surface area contributed by atoms with E-state index in [0.717, 1.165) is 41.1 Å². The van der Waals surface area contributed by atoms with Crippen LogP contribution < -0.4 is 9.47 Å². The van der Waals surface area contributed by atoms with E-state index in [1.165, 1.54) is 5.69 Å². The number of hydrogen-bond donors (Lipinski definition) is 0. The van der Waals surface area contributed by atoms with Gasteiger partial charge in [-0.3, -0.25) is 0 Å². The van der Waals surface area contributed by atoms with E-state index in [2.05, 4.69) is 46.1 Å². The number of fused-ring (bicyclic) bond motifs is 1. The van der Waals surface area contributed by atoms with Gasteiger partial charge in [-0.25, -0.2) is 9.55 Å². The van der Waals surface area contributed by atoms with Crippen molar-refractivity contribution in [2.45, 2.75) is 13.8 Å². The smallest absolute Gasteiger partial charge is 0.227 e. The molecular weight excluding hydrogens is 362 g/mol. The summed E-state index contributed by atoms with van der Waals surface area (Å²) < 4.78 is 7.83. The van der Waals surface area contributed by atoms with Gasteiger partial charge >= 0.3 is 0 Å². The van der Waals surface area contributed by atoms with Gasteiger partial charge in [-0.15, -0.1) is 0 Å². The van der Waals surface area contributed by atoms with Crippen LogP contribution in [-0.2, 0) is 7.05 Å². The minimum atomic E-state index is 0.576. The summed E-state index contributed by atoms with van der Waals surface area (Å²) in [6.07, 6.45) is 3.88. The van der Waals surface area contributed by atoms with E-state index in [-0.39, 0.29) is 0 Å². The molecule has 0 spiro atoms. The van der Waals surface area contributed by atoms with E-state index < -0.39 is 0 Å². The molecule has 0 atom stereocenters. The molecule has 0 aliphatic heterocycles. The molecule has 0 radical (unpaired) electrons. The molecule has 0 aliphatic rings. The van der Waals surface area contributed by atoms with Gasteiger partial charge in [0.1, 0.15) is 7.05 Å². The topological polar surface area (TPSA) is 57.9 Å². The highest BCUT2D eigenvalue weighted by atomic mass is 16.3. The van der Waals surface area contributed by atoms with E-state index in [4.69, 9.17) is 4.42 Å². The second-order valence-electron chi connectivity index (χ2n) is 6.82. The van der Waals surface area contributed by atoms with Crippen LogP contribution in [-0.4, -0.2) is 18.1 Å². The van der Waals surface area contributed by atoms with E-state index in [1.54, 1.807) is 0 Å². The van der Waals surface area contributed by atoms with Gasteiger partial charge in [-0.05, 0) is 56.3 Å². The maximum Gasteiger partial charge on any atom is 0.227 e. The van der Waals surface area contributed by atoms with Crippen molar-refractivity contribution < 1.29 is 8.98 Å². The van der Waals surface area contributed by atoms with Crippen LogP contribution in [0.15, 0.2) is 81.6 Å². The number of aryl methyl sites for hydroxylation is 1. The van der Waals surface area contributed by atoms with Crippen LogP contribution in [0.4, 0.5) is 17.1 Å². The van der Waals surface area contributed by atoms with Crippen LogP contribution in [0.3, 0.4) is 0 Å². The molecule has 0 saturated carbocycles. The lowest BCUT2D eigenvalue weighted by Crippen LogP contribution is -2.25. The Labute approximate surface area is 170 Å². The summed E-state index contributed by atoms with van der Waals surface area (Å²) >= 11 is 0. The normalized spacial score (nSPS) is 11.4. The van der Waals surface area contributed by atoms with Crippen LogP contribution >= 0.6 is 0 Å². The Morgan fingerprint density at radius 2 is 1.72 bits per heavy atom. The SMILES string of the molecule is CCN(CC)c1ccc(N=Nc2cccc(-c3nc4c[n+](C)ccc4o3)c2)cc1. The fraction of sp³-hybridized carbons (Fsp3) is 0.217. The molecule has 0 aliphatic carbocycles. The highest BCUT2D eigenvalue weighted by Gasteiger charge is 2.11. The van der Waals surface area contributed by atoms with Crippen LogP contribution in [0.1, 0.15) is 13.8 Å². The van der Waals surface area contributed by atoms with Crippen LogP contribution in [0.25, 0.3) is 22.6 Å². The van der Waals surface area contributed by atoms with Crippen molar-refractivity contribution in [3.8, 4) is 11.5 Å². The first kappa shape index (κ1) is 18.8. The summed E-state index contributed by atoms with van der Waals surface area (Å²) in [7, 11) is 1.96. The number of benzene rings is 2. The third-order valence-electron chi connectivity index (χ3n) is 4.82. The molecule has 6 heteroatoms. The van der Waals surface area contributed by atoms with Crippen molar-refractivity contribution in [2.75, 3.05) is 18.0 Å². The number of oxazole rings is 1. The first-order chi connectivity index (χ1) is 14.2. The van der Waals surface area contributed by atoms with Crippen molar-refractivity contribution in [1.82, 2.24) is 4.98 Å². The molecule has 0 fully saturated rings. The number of nitrogens with zero attached hydrogens (tertiary/aromatic N) is 5. The van der Waals surface area contributed by atoms with Gasteiger partial charge < -0.3 is 9.32 Å². The van der Waals surface area contributed by atoms with E-state index in [1.807, 2.05) is 66.5 Å². The minimum Gasteiger partial charge on any atom is -0.436 e. The fourth-order valence-corrected chi connectivity index (χ4v) is 3.24. The molecule has 6 nitrogen and oxygen atoms in total. The average molecular weight is 386 g/mol. The standard InChI is InChI=1S/C23H24N5O/c1-4-28(5-2)20-11-9-18(10-12-20)25-26-19-8-6-7-17(15-19)23-24-21-16-27(3)14-13-22(21)29-23/h6-16H,4-5H2,1-3H3/q+1. The maximum atomic E-state index is 5.88. The zero-order chi connectivity index (χ0) is 20.2. The summed E-state index contributed by atoms with van der Waals surface area (Å²) in [4.78, 5) is 6.88. The van der Waals surface area contributed by atoms with Gasteiger partial charge in [0.15, 0.2) is 23.5 Å². The predicted molar refractivity (Wildman–Crippen MR) is 115 cm³/mol. The monoisotopic (exact) mass is 386 g/mol. The zero-order valence-corrected chi connectivity index (χ0v) is 16.9. The fourth-order valence-electron chi connectivity index (χ4n) is 3.24. The molecule has 0 bridgehead atoms. The molecule has 4 rings (SSSR count). The minimum absolute atomic E-state index is 0.576. The zero-order valence-electron chi connectivity index (χ0n) is 16.9. The van der Waals surface area contributed by atoms with E-state index >= 15 is 0 Å². The van der Waals surface area contributed by atoms with Crippen molar-refractivity contribution >= 4 is 28.2 Å². The average Bonchev–Trinajstić information content (AvgIpc) is 3.17. The Hall–Kier alpha value is -3.54. The third-order valence-corrected chi connectivity index (χ3v) is 4.82. The lowest BCUT2D eigenvalue weighted by atomic mass is 10.2. The molecular formula is C23H24N5O+. The Bertz CT molecular complexity index is 1140. The van der Waals surface area contributed by atoms with Crippen molar-refractivity contribution in [2.24, 2.45) is 17.3 Å². The first-order valence-electron chi connectivity index (χ1n) is 9.79. The summed E-state index contributed by atoms with van der Waals surface area (Å²) in [5.74, 6) is 0.576. The number of anilines is 1. The molecule has 0 unspecified atom stereocenters. The highest BCUT2D eigenvalue weighted by Crippen LogP contribution is 2.28. The van der Waals surface area contributed by atoms with Crippen molar-refractivity contribution in [1.29, 1.82) is 0 Å². The lowest BCUT2D eigenvalue weighted by molar-refractivity contribution is -0.670. The van der Waals surface area contributed by atoms with Gasteiger partial charge in [0.2, 0.25) is 5.89 Å². The molecule has 0 N–H and O–H groups in total. The van der Waals surface area contributed by atoms with Gasteiger partial charge in [0.25, 0.3) is 0 Å². The third kappa shape index (κ3) is 4.16. The van der Waals surface area contributed by atoms with Crippen LogP contribution in [0.2, 0.25) is 0 Å². The van der Waals surface area contributed by atoms with Gasteiger partial charge in [-0.1, -0.05) is 6.07 Å². The molecule has 2 aromatic heterocycles. The summed E-state index contributed by atoms with van der Waals surface area (Å²) in [6, 6.07) is 17.8. The van der Waals surface area contributed by atoms with Crippen molar-refractivity contribution in [3.63, 3.8) is 0 Å². The van der Waals surface area contributed by atoms with E-state index in [0.29, 0.717) is 5.89 Å². The number of azo groups is 1. The number of aromatic nitrogens is 2. The Morgan fingerprint density at radius 1 is 0.966 bits per heavy atom. The Morgan fingerprint density at radius 3 is 2.48 bits per heavy atom. The predicted octanol–water partition coefficient (Wildman–Crippen LogP) is 5.58. The molecule has 2 aromatic carbocycles. The van der Waals surface area contributed by atoms with Crippen LogP contribution in [0.5, 0.6) is 0 Å². The Kier molecular flexibility index (Phi) is 5.33. The molecule has 4 aromatic rings. The summed E-state index contributed by atoms with van der Waals surface area (Å²) in [5, 5.41) is 8.75. The quantitative estimate of drug-likeness (QED) is 0.321. The largest absolute Gasteiger partial charge is 0.436 e. The second kappa shape index (κ2) is 8.22.